The molecular formula is C19H6CuF9N3O2. The van der Waals surface area contributed by atoms with Gasteiger partial charge in [0.15, 0.2) is 23.3 Å². The molecule has 1 N–H and O–H groups in total. The molecule has 5 nitrogen and oxygen atoms in total. The minimum absolute atomic E-state index is 0. The fourth-order valence-electron chi connectivity index (χ4n) is 2.96. The topological polar surface area (TPSA) is 78.9 Å². The molecule has 1 radical (unpaired) electrons. The fourth-order valence-corrected chi connectivity index (χ4v) is 2.96. The molecule has 3 rings (SSSR count). The number of aromatic nitrogens is 2. The first-order chi connectivity index (χ1) is 15.2. The smallest absolute Gasteiger partial charge is 0.422 e. The van der Waals surface area contributed by atoms with Gasteiger partial charge in [0.05, 0.1) is 5.69 Å². The van der Waals surface area contributed by atoms with E-state index >= 15 is 0 Å². The molecule has 0 atom stereocenters. The third-order valence-electron chi connectivity index (χ3n) is 4.41. The van der Waals surface area contributed by atoms with Gasteiger partial charge in [0.1, 0.15) is 40.1 Å². The van der Waals surface area contributed by atoms with Crippen LogP contribution in [0.25, 0.3) is 5.69 Å². The molecule has 183 valence electrons. The normalized spacial score (nSPS) is 11.2. The number of hydrogen-bond donors (Lipinski definition) is 1. The molecule has 0 bridgehead atoms. The van der Waals surface area contributed by atoms with Crippen molar-refractivity contribution in [3.8, 4) is 17.6 Å². The van der Waals surface area contributed by atoms with Gasteiger partial charge in [-0.15, -0.1) is 0 Å². The van der Waals surface area contributed by atoms with E-state index in [0.717, 1.165) is 13.0 Å². The molecule has 3 aromatic rings. The minimum atomic E-state index is -5.43. The largest absolute Gasteiger partial charge is 0.493 e. The number of carbonyl (C=O) groups is 1. The summed E-state index contributed by atoms with van der Waals surface area (Å²) in [4.78, 5) is 12.6. The van der Waals surface area contributed by atoms with Crippen LogP contribution in [0.4, 0.5) is 39.5 Å². The first-order valence-electron chi connectivity index (χ1n) is 8.38. The van der Waals surface area contributed by atoms with Gasteiger partial charge in [-0.3, -0.25) is 4.79 Å². The molecule has 0 unspecified atom stereocenters. The van der Waals surface area contributed by atoms with Crippen LogP contribution in [0.3, 0.4) is 0 Å². The number of nitrogens with zero attached hydrogens (tertiary/aromatic N) is 3. The summed E-state index contributed by atoms with van der Waals surface area (Å²) in [5, 5.41) is 22.2. The van der Waals surface area contributed by atoms with E-state index < -0.39 is 86.4 Å². The Morgan fingerprint density at radius 3 is 1.88 bits per heavy atom. The van der Waals surface area contributed by atoms with Crippen LogP contribution in [-0.2, 0) is 23.2 Å². The fraction of sp³-hybridized carbons (Fsp3) is 0.105. The van der Waals surface area contributed by atoms with E-state index in [9.17, 15) is 49.4 Å². The van der Waals surface area contributed by atoms with E-state index in [2.05, 4.69) is 5.10 Å². The molecule has 1 aromatic heterocycles. The standard InChI is InChI=1S/C19H6F9N3O2.Cu/c1-5-10(17(32)6-2-8(20)11(9(21)3-6)19(26,27)28)18(33)31(30-5)16-14(24)12(22)7(4-29)13(23)15(16)25;/h2-3,33H,1H3;. The molecule has 1 heterocycles. The molecule has 0 fully saturated rings. The molecule has 34 heavy (non-hydrogen) atoms. The zero-order valence-electron chi connectivity index (χ0n) is 16.1. The number of alkyl halides is 3. The summed E-state index contributed by atoms with van der Waals surface area (Å²) in [5.41, 5.74) is -8.20. The second-order valence-electron chi connectivity index (χ2n) is 6.43. The predicted molar refractivity (Wildman–Crippen MR) is 89.3 cm³/mol. The Morgan fingerprint density at radius 2 is 1.47 bits per heavy atom. The zero-order valence-corrected chi connectivity index (χ0v) is 17.0. The van der Waals surface area contributed by atoms with Crippen LogP contribution in [0.5, 0.6) is 5.88 Å². The molecule has 0 saturated heterocycles. The number of benzene rings is 2. The van der Waals surface area contributed by atoms with Crippen LogP contribution in [0.1, 0.15) is 32.7 Å². The van der Waals surface area contributed by atoms with E-state index in [4.69, 9.17) is 5.26 Å². The average Bonchev–Trinajstić information content (AvgIpc) is 2.98. The van der Waals surface area contributed by atoms with Crippen LogP contribution in [-0.4, -0.2) is 20.7 Å². The minimum Gasteiger partial charge on any atom is -0.493 e. The van der Waals surface area contributed by atoms with Gasteiger partial charge in [0, 0.05) is 22.6 Å². The van der Waals surface area contributed by atoms with Crippen molar-refractivity contribution in [1.82, 2.24) is 9.78 Å². The maximum Gasteiger partial charge on any atom is 0.422 e. The number of rotatable bonds is 3. The van der Waals surface area contributed by atoms with Crippen molar-refractivity contribution in [2.24, 2.45) is 0 Å². The summed E-state index contributed by atoms with van der Waals surface area (Å²) in [5.74, 6) is -15.9. The van der Waals surface area contributed by atoms with E-state index in [-0.39, 0.29) is 33.9 Å². The van der Waals surface area contributed by atoms with Crippen molar-refractivity contribution in [3.05, 3.63) is 75.0 Å². The van der Waals surface area contributed by atoms with Gasteiger partial charge in [-0.1, -0.05) is 0 Å². The monoisotopic (exact) mass is 542 g/mol. The number of ketones is 1. The molecule has 0 aliphatic carbocycles. The van der Waals surface area contributed by atoms with Crippen molar-refractivity contribution in [2.75, 3.05) is 0 Å². The van der Waals surface area contributed by atoms with Gasteiger partial charge in [0.25, 0.3) is 0 Å². The Kier molecular flexibility index (Phi) is 7.11. The number of halogens is 9. The Morgan fingerprint density at radius 1 is 1.00 bits per heavy atom. The molecular weight excluding hydrogens is 537 g/mol. The van der Waals surface area contributed by atoms with Crippen LogP contribution >= 0.6 is 0 Å². The maximum atomic E-state index is 14.3. The molecule has 0 aliphatic heterocycles. The maximum absolute atomic E-state index is 14.3. The first-order valence-corrected chi connectivity index (χ1v) is 8.38. The van der Waals surface area contributed by atoms with Crippen molar-refractivity contribution in [1.29, 1.82) is 5.26 Å². The van der Waals surface area contributed by atoms with Crippen molar-refractivity contribution in [2.45, 2.75) is 13.1 Å². The molecule has 15 heteroatoms. The summed E-state index contributed by atoms with van der Waals surface area (Å²) in [6.07, 6.45) is -5.43. The summed E-state index contributed by atoms with van der Waals surface area (Å²) < 4.78 is 122. The van der Waals surface area contributed by atoms with Crippen LogP contribution < -0.4 is 0 Å². The summed E-state index contributed by atoms with van der Waals surface area (Å²) in [6, 6.07) is 0.906. The number of aryl methyl sites for hydroxylation is 1. The third-order valence-corrected chi connectivity index (χ3v) is 4.41. The quantitative estimate of drug-likeness (QED) is 0.222. The molecule has 0 amide bonds. The van der Waals surface area contributed by atoms with Gasteiger partial charge >= 0.3 is 6.18 Å². The Balaban J connectivity index is 0.00000408. The summed E-state index contributed by atoms with van der Waals surface area (Å²) in [6.45, 7) is 0.937. The van der Waals surface area contributed by atoms with E-state index in [1.54, 1.807) is 0 Å². The van der Waals surface area contributed by atoms with E-state index in [0.29, 0.717) is 0 Å². The van der Waals surface area contributed by atoms with Crippen LogP contribution in [0.2, 0.25) is 0 Å². The second kappa shape index (κ2) is 9.03. The van der Waals surface area contributed by atoms with E-state index in [1.807, 2.05) is 0 Å². The van der Waals surface area contributed by atoms with E-state index in [1.165, 1.54) is 0 Å². The Labute approximate surface area is 193 Å². The van der Waals surface area contributed by atoms with Crippen molar-refractivity contribution in [3.63, 3.8) is 0 Å². The molecule has 0 spiro atoms. The summed E-state index contributed by atoms with van der Waals surface area (Å²) >= 11 is 0. The average molecular weight is 543 g/mol. The van der Waals surface area contributed by atoms with Crippen LogP contribution in [0, 0.1) is 53.2 Å². The number of hydrogen-bond acceptors (Lipinski definition) is 4. The second-order valence-corrected chi connectivity index (χ2v) is 6.43. The van der Waals surface area contributed by atoms with Crippen LogP contribution in [0.15, 0.2) is 12.1 Å². The molecule has 0 aliphatic rings. The SMILES string of the molecule is Cc1nn(-c2c(F)c(F)c(C#N)c(F)c2F)c(O)c1C(=O)c1cc(F)c(C(F)(F)F)c(F)c1.[Cu]. The van der Waals surface area contributed by atoms with Gasteiger partial charge in [0.2, 0.25) is 11.7 Å². The first kappa shape index (κ1) is 26.7. The van der Waals surface area contributed by atoms with Crippen molar-refractivity contribution < 1.29 is 66.5 Å². The van der Waals surface area contributed by atoms with Gasteiger partial charge in [-0.2, -0.15) is 28.2 Å². The zero-order chi connectivity index (χ0) is 25.0. The Bertz CT molecular complexity index is 1330. The summed E-state index contributed by atoms with van der Waals surface area (Å²) in [7, 11) is 0. The van der Waals surface area contributed by atoms with Gasteiger partial charge in [-0.25, -0.2) is 26.3 Å². The number of aromatic hydroxyl groups is 1. The van der Waals surface area contributed by atoms with Gasteiger partial charge < -0.3 is 5.11 Å². The van der Waals surface area contributed by atoms with Crippen molar-refractivity contribution >= 4 is 5.78 Å². The molecule has 2 aromatic carbocycles. The number of nitriles is 1. The predicted octanol–water partition coefficient (Wildman–Crippen LogP) is 4.84. The number of carbonyl (C=O) groups excluding carboxylic acids is 1. The molecule has 0 saturated carbocycles. The van der Waals surface area contributed by atoms with Gasteiger partial charge in [-0.05, 0) is 19.1 Å². The Hall–Kier alpha value is -3.50. The third kappa shape index (κ3) is 4.10.